The molecule has 168 valence electrons. The average molecular weight is 450 g/mol. The highest BCUT2D eigenvalue weighted by Gasteiger charge is 2.38. The first-order chi connectivity index (χ1) is 15.0. The first-order valence-corrected chi connectivity index (χ1v) is 10.6. The zero-order valence-electron chi connectivity index (χ0n) is 17.3. The fourth-order valence-corrected chi connectivity index (χ4v) is 4.59. The van der Waals surface area contributed by atoms with Crippen molar-refractivity contribution in [3.8, 4) is 0 Å². The lowest BCUT2D eigenvalue weighted by atomic mass is 9.98. The first-order valence-electron chi connectivity index (χ1n) is 9.80. The van der Waals surface area contributed by atoms with Gasteiger partial charge in [0.1, 0.15) is 0 Å². The summed E-state index contributed by atoms with van der Waals surface area (Å²) < 4.78 is 6.00. The molecule has 2 aromatic rings. The second kappa shape index (κ2) is 12.8. The molecule has 2 aliphatic rings. The maximum absolute atomic E-state index is 12.8. The Morgan fingerprint density at radius 2 is 1.87 bits per heavy atom. The van der Waals surface area contributed by atoms with Crippen LogP contribution in [0.1, 0.15) is 26.5 Å². The van der Waals surface area contributed by atoms with E-state index >= 15 is 0 Å². The molecular weight excluding hydrogens is 422 g/mol. The van der Waals surface area contributed by atoms with E-state index in [4.69, 9.17) is 24.5 Å². The number of rotatable bonds is 3. The normalized spacial score (nSPS) is 20.2. The molecule has 31 heavy (non-hydrogen) atoms. The molecule has 2 aliphatic heterocycles. The Morgan fingerprint density at radius 3 is 2.48 bits per heavy atom. The van der Waals surface area contributed by atoms with E-state index in [2.05, 4.69) is 22.0 Å². The van der Waals surface area contributed by atoms with Crippen LogP contribution >= 0.6 is 11.3 Å². The quantitative estimate of drug-likeness (QED) is 0.683. The van der Waals surface area contributed by atoms with Crippen molar-refractivity contribution >= 4 is 30.2 Å². The number of fused-ring (bicyclic) bond motifs is 1. The summed E-state index contributed by atoms with van der Waals surface area (Å²) in [6.07, 6.45) is 4.81. The molecule has 2 N–H and O–H groups in total. The molecule has 2 atom stereocenters. The highest BCUT2D eigenvalue weighted by molar-refractivity contribution is 7.13. The van der Waals surface area contributed by atoms with Crippen LogP contribution in [0, 0.1) is 6.92 Å². The SMILES string of the molecule is Cc1ccc(C(=O)N2CC[C@@H]3OCCN(Cc4ccncc4)[C@H]3C2)s1.O=CO.O=CO. The third-order valence-electron chi connectivity index (χ3n) is 5.07. The number of carboxylic acid groups (broad SMARTS) is 2. The van der Waals surface area contributed by atoms with Gasteiger partial charge in [-0.05, 0) is 43.2 Å². The summed E-state index contributed by atoms with van der Waals surface area (Å²) in [7, 11) is 0. The number of hydrogen-bond acceptors (Lipinski definition) is 7. The molecule has 4 heterocycles. The molecule has 2 aromatic heterocycles. The largest absolute Gasteiger partial charge is 0.483 e. The number of ether oxygens (including phenoxy) is 1. The number of morpholine rings is 1. The number of likely N-dealkylation sites (tertiary alicyclic amines) is 1. The van der Waals surface area contributed by atoms with Gasteiger partial charge >= 0.3 is 0 Å². The summed E-state index contributed by atoms with van der Waals surface area (Å²) in [4.78, 5) is 40.1. The van der Waals surface area contributed by atoms with Crippen LogP contribution < -0.4 is 0 Å². The molecular formula is C21H27N3O6S. The minimum absolute atomic E-state index is 0.158. The summed E-state index contributed by atoms with van der Waals surface area (Å²) in [5.41, 5.74) is 1.26. The third-order valence-corrected chi connectivity index (χ3v) is 6.06. The van der Waals surface area contributed by atoms with Gasteiger partial charge in [-0.3, -0.25) is 24.3 Å². The first kappa shape index (κ1) is 24.4. The van der Waals surface area contributed by atoms with E-state index in [9.17, 15) is 4.79 Å². The van der Waals surface area contributed by atoms with E-state index in [0.29, 0.717) is 0 Å². The minimum atomic E-state index is -0.250. The summed E-state index contributed by atoms with van der Waals surface area (Å²) in [5.74, 6) is 0.158. The molecule has 0 spiro atoms. The lowest BCUT2D eigenvalue weighted by Crippen LogP contribution is -2.60. The summed E-state index contributed by atoms with van der Waals surface area (Å²) in [6.45, 7) is 5.62. The Hall–Kier alpha value is -2.82. The minimum Gasteiger partial charge on any atom is -0.483 e. The molecule has 0 aromatic carbocycles. The zero-order valence-corrected chi connectivity index (χ0v) is 18.1. The second-order valence-electron chi connectivity index (χ2n) is 6.96. The number of aromatic nitrogens is 1. The number of nitrogens with zero attached hydrogens (tertiary/aromatic N) is 3. The molecule has 0 radical (unpaired) electrons. The van der Waals surface area contributed by atoms with Crippen molar-refractivity contribution in [2.45, 2.75) is 32.0 Å². The Balaban J connectivity index is 0.000000513. The van der Waals surface area contributed by atoms with Crippen molar-refractivity contribution in [3.63, 3.8) is 0 Å². The van der Waals surface area contributed by atoms with Gasteiger partial charge in [0.15, 0.2) is 0 Å². The Morgan fingerprint density at radius 1 is 1.19 bits per heavy atom. The van der Waals surface area contributed by atoms with Crippen molar-refractivity contribution in [2.75, 3.05) is 26.2 Å². The predicted octanol–water partition coefficient (Wildman–Crippen LogP) is 1.97. The molecule has 0 aliphatic carbocycles. The highest BCUT2D eigenvalue weighted by Crippen LogP contribution is 2.26. The van der Waals surface area contributed by atoms with Crippen LogP contribution in [-0.4, -0.2) is 82.2 Å². The zero-order chi connectivity index (χ0) is 22.6. The van der Waals surface area contributed by atoms with Crippen LogP contribution in [0.25, 0.3) is 0 Å². The van der Waals surface area contributed by atoms with E-state index < -0.39 is 0 Å². The third kappa shape index (κ3) is 7.12. The summed E-state index contributed by atoms with van der Waals surface area (Å²) in [6, 6.07) is 8.35. The van der Waals surface area contributed by atoms with Gasteiger partial charge in [0.05, 0.1) is 23.6 Å². The van der Waals surface area contributed by atoms with Crippen LogP contribution in [0.2, 0.25) is 0 Å². The number of aryl methyl sites for hydroxylation is 1. The number of hydrogen-bond donors (Lipinski definition) is 2. The van der Waals surface area contributed by atoms with Crippen LogP contribution in [0.15, 0.2) is 36.7 Å². The van der Waals surface area contributed by atoms with Crippen LogP contribution in [-0.2, 0) is 20.9 Å². The van der Waals surface area contributed by atoms with Crippen molar-refractivity contribution in [1.82, 2.24) is 14.8 Å². The van der Waals surface area contributed by atoms with Gasteiger partial charge in [-0.25, -0.2) is 0 Å². The molecule has 0 unspecified atom stereocenters. The monoisotopic (exact) mass is 449 g/mol. The number of carbonyl (C=O) groups is 3. The van der Waals surface area contributed by atoms with E-state index in [-0.39, 0.29) is 31.0 Å². The standard InChI is InChI=1S/C19H23N3O2S.2CH2O2/c1-14-2-3-18(25-14)19(23)22-9-6-17-16(13-22)21(10-11-24-17)12-15-4-7-20-8-5-15;2*2-1-3/h2-5,7-8,16-17H,6,9-13H2,1H3;2*1H,(H,2,3)/t16-,17-;;/m0../s1. The van der Waals surface area contributed by atoms with Crippen LogP contribution in [0.3, 0.4) is 0 Å². The van der Waals surface area contributed by atoms with Crippen molar-refractivity contribution in [3.05, 3.63) is 52.0 Å². The molecule has 9 nitrogen and oxygen atoms in total. The summed E-state index contributed by atoms with van der Waals surface area (Å²) >= 11 is 1.58. The van der Waals surface area contributed by atoms with Gasteiger partial charge in [0.2, 0.25) is 0 Å². The number of amides is 1. The van der Waals surface area contributed by atoms with Crippen LogP contribution in [0.4, 0.5) is 0 Å². The van der Waals surface area contributed by atoms with Gasteiger partial charge in [0, 0.05) is 43.4 Å². The fraction of sp³-hybridized carbons (Fsp3) is 0.429. The fourth-order valence-electron chi connectivity index (χ4n) is 3.75. The van der Waals surface area contributed by atoms with E-state index in [0.717, 1.165) is 44.1 Å². The van der Waals surface area contributed by atoms with E-state index in [1.54, 1.807) is 11.3 Å². The summed E-state index contributed by atoms with van der Waals surface area (Å²) in [5, 5.41) is 13.8. The van der Waals surface area contributed by atoms with Gasteiger partial charge < -0.3 is 19.8 Å². The molecule has 0 bridgehead atoms. The molecule has 4 rings (SSSR count). The molecule has 10 heteroatoms. The van der Waals surface area contributed by atoms with Crippen molar-refractivity contribution in [1.29, 1.82) is 0 Å². The lowest BCUT2D eigenvalue weighted by Gasteiger charge is -2.47. The Labute approximate surface area is 184 Å². The number of pyridine rings is 1. The molecule has 2 saturated heterocycles. The molecule has 2 fully saturated rings. The Bertz CT molecular complexity index is 826. The van der Waals surface area contributed by atoms with Gasteiger partial charge in [-0.2, -0.15) is 0 Å². The van der Waals surface area contributed by atoms with Gasteiger partial charge in [-0.15, -0.1) is 11.3 Å². The van der Waals surface area contributed by atoms with Crippen molar-refractivity contribution < 1.29 is 29.3 Å². The molecule has 0 saturated carbocycles. The number of carbonyl (C=O) groups excluding carboxylic acids is 1. The van der Waals surface area contributed by atoms with Gasteiger partial charge in [0.25, 0.3) is 18.9 Å². The second-order valence-corrected chi connectivity index (χ2v) is 8.25. The Kier molecular flexibility index (Phi) is 10.1. The average Bonchev–Trinajstić information content (AvgIpc) is 3.21. The number of thiophene rings is 1. The maximum atomic E-state index is 12.8. The maximum Gasteiger partial charge on any atom is 0.290 e. The molecule has 1 amide bonds. The number of piperidine rings is 1. The topological polar surface area (TPSA) is 120 Å². The van der Waals surface area contributed by atoms with Gasteiger partial charge in [-0.1, -0.05) is 0 Å². The van der Waals surface area contributed by atoms with Crippen molar-refractivity contribution in [2.24, 2.45) is 0 Å². The van der Waals surface area contributed by atoms with E-state index in [1.807, 2.05) is 36.4 Å². The predicted molar refractivity (Wildman–Crippen MR) is 115 cm³/mol. The smallest absolute Gasteiger partial charge is 0.290 e. The van der Waals surface area contributed by atoms with Crippen LogP contribution in [0.5, 0.6) is 0 Å². The lowest BCUT2D eigenvalue weighted by molar-refractivity contribution is -0.123. The van der Waals surface area contributed by atoms with E-state index in [1.165, 1.54) is 10.4 Å². The highest BCUT2D eigenvalue weighted by atomic mass is 32.1.